The normalized spacial score (nSPS) is 14.3. The van der Waals surface area contributed by atoms with Crippen LogP contribution < -0.4 is 15.5 Å². The molecule has 3 aromatic rings. The number of aryl methyl sites for hydroxylation is 1. The van der Waals surface area contributed by atoms with Crippen molar-refractivity contribution in [2.75, 3.05) is 48.8 Å². The fourth-order valence-corrected chi connectivity index (χ4v) is 4.35. The number of benzene rings is 2. The lowest BCUT2D eigenvalue weighted by Crippen LogP contribution is -2.44. The van der Waals surface area contributed by atoms with Crippen molar-refractivity contribution in [2.24, 2.45) is 0 Å². The summed E-state index contributed by atoms with van der Waals surface area (Å²) in [7, 11) is 2.14. The quantitative estimate of drug-likeness (QED) is 0.628. The molecule has 1 aliphatic rings. The Morgan fingerprint density at radius 2 is 1.71 bits per heavy atom. The van der Waals surface area contributed by atoms with Crippen LogP contribution >= 0.6 is 11.3 Å². The average molecular weight is 435 g/mol. The molecule has 1 fully saturated rings. The highest BCUT2D eigenvalue weighted by Crippen LogP contribution is 2.26. The summed E-state index contributed by atoms with van der Waals surface area (Å²) in [5.41, 5.74) is 4.56. The zero-order chi connectivity index (χ0) is 21.8. The third-order valence-corrected chi connectivity index (χ3v) is 6.19. The van der Waals surface area contributed by atoms with Gasteiger partial charge in [0.15, 0.2) is 0 Å². The van der Waals surface area contributed by atoms with E-state index in [0.717, 1.165) is 37.4 Å². The van der Waals surface area contributed by atoms with Crippen LogP contribution in [0.4, 0.5) is 17.1 Å². The van der Waals surface area contributed by atoms with Crippen molar-refractivity contribution >= 4 is 40.2 Å². The Morgan fingerprint density at radius 1 is 0.935 bits per heavy atom. The second-order valence-corrected chi connectivity index (χ2v) is 8.54. The van der Waals surface area contributed by atoms with Crippen LogP contribution in [0.5, 0.6) is 0 Å². The first-order valence-corrected chi connectivity index (χ1v) is 11.2. The molecule has 1 aliphatic heterocycles. The first kappa shape index (κ1) is 21.1. The smallest absolute Gasteiger partial charge is 0.257 e. The summed E-state index contributed by atoms with van der Waals surface area (Å²) in [6, 6.07) is 14.8. The number of nitrogens with one attached hydrogen (secondary N) is 2. The van der Waals surface area contributed by atoms with E-state index in [2.05, 4.69) is 40.5 Å². The third-order valence-electron chi connectivity index (χ3n) is 5.50. The van der Waals surface area contributed by atoms with Crippen LogP contribution in [0.3, 0.4) is 0 Å². The van der Waals surface area contributed by atoms with Gasteiger partial charge in [0.1, 0.15) is 0 Å². The van der Waals surface area contributed by atoms with Gasteiger partial charge in [0, 0.05) is 42.9 Å². The average Bonchev–Trinajstić information content (AvgIpc) is 3.30. The van der Waals surface area contributed by atoms with Crippen LogP contribution in [0.15, 0.2) is 59.3 Å². The maximum atomic E-state index is 13.0. The van der Waals surface area contributed by atoms with Gasteiger partial charge in [-0.2, -0.15) is 11.3 Å². The van der Waals surface area contributed by atoms with Crippen LogP contribution in [0.1, 0.15) is 26.3 Å². The molecule has 2 N–H and O–H groups in total. The largest absolute Gasteiger partial charge is 0.369 e. The highest BCUT2D eigenvalue weighted by molar-refractivity contribution is 7.08. The number of likely N-dealkylation sites (N-methyl/N-ethyl adjacent to an activating group) is 1. The van der Waals surface area contributed by atoms with Crippen LogP contribution in [0.2, 0.25) is 0 Å². The lowest BCUT2D eigenvalue weighted by molar-refractivity contribution is 0.102. The van der Waals surface area contributed by atoms with Crippen molar-refractivity contribution in [3.05, 3.63) is 76.0 Å². The first-order chi connectivity index (χ1) is 15.0. The topological polar surface area (TPSA) is 64.7 Å². The minimum atomic E-state index is -0.257. The minimum absolute atomic E-state index is 0.228. The molecule has 1 aromatic heterocycles. The van der Waals surface area contributed by atoms with Crippen molar-refractivity contribution < 1.29 is 9.59 Å². The monoisotopic (exact) mass is 434 g/mol. The number of rotatable bonds is 5. The Hall–Kier alpha value is -3.16. The number of amides is 2. The number of hydrogen-bond donors (Lipinski definition) is 2. The van der Waals surface area contributed by atoms with E-state index >= 15 is 0 Å². The first-order valence-electron chi connectivity index (χ1n) is 10.3. The van der Waals surface area contributed by atoms with Gasteiger partial charge in [-0.15, -0.1) is 0 Å². The predicted molar refractivity (Wildman–Crippen MR) is 128 cm³/mol. The van der Waals surface area contributed by atoms with Crippen molar-refractivity contribution in [2.45, 2.75) is 6.92 Å². The summed E-state index contributed by atoms with van der Waals surface area (Å²) in [5, 5.41) is 9.44. The number of anilines is 3. The van der Waals surface area contributed by atoms with Gasteiger partial charge >= 0.3 is 0 Å². The second-order valence-electron chi connectivity index (χ2n) is 7.76. The SMILES string of the molecule is Cc1cc(NC(=O)c2ccccc2NC(=O)c2ccsc2)ccc1N1CCN(C)CC1. The maximum Gasteiger partial charge on any atom is 0.257 e. The molecule has 31 heavy (non-hydrogen) atoms. The van der Waals surface area contributed by atoms with Gasteiger partial charge in [0.2, 0.25) is 0 Å². The zero-order valence-electron chi connectivity index (χ0n) is 17.7. The van der Waals surface area contributed by atoms with Gasteiger partial charge in [-0.05, 0) is 61.3 Å². The molecule has 2 aromatic carbocycles. The van der Waals surface area contributed by atoms with E-state index in [1.54, 1.807) is 35.7 Å². The Kier molecular flexibility index (Phi) is 6.34. The zero-order valence-corrected chi connectivity index (χ0v) is 18.5. The van der Waals surface area contributed by atoms with Gasteiger partial charge in [-0.3, -0.25) is 9.59 Å². The molecule has 7 heteroatoms. The second kappa shape index (κ2) is 9.32. The number of hydrogen-bond acceptors (Lipinski definition) is 5. The van der Waals surface area contributed by atoms with Gasteiger partial charge in [0.25, 0.3) is 11.8 Å². The maximum absolute atomic E-state index is 13.0. The van der Waals surface area contributed by atoms with Crippen LogP contribution in [0.25, 0.3) is 0 Å². The summed E-state index contributed by atoms with van der Waals surface area (Å²) >= 11 is 1.46. The van der Waals surface area contributed by atoms with E-state index in [1.165, 1.54) is 17.0 Å². The fraction of sp³-hybridized carbons (Fsp3) is 0.250. The molecular formula is C24H26N4O2S. The van der Waals surface area contributed by atoms with Crippen LogP contribution in [-0.4, -0.2) is 49.9 Å². The third kappa shape index (κ3) is 4.95. The molecular weight excluding hydrogens is 408 g/mol. The molecule has 1 saturated heterocycles. The highest BCUT2D eigenvalue weighted by atomic mass is 32.1. The van der Waals surface area contributed by atoms with Gasteiger partial charge in [0.05, 0.1) is 16.8 Å². The molecule has 0 bridgehead atoms. The molecule has 0 aliphatic carbocycles. The lowest BCUT2D eigenvalue weighted by Gasteiger charge is -2.35. The van der Waals surface area contributed by atoms with E-state index in [1.807, 2.05) is 17.5 Å². The molecule has 0 saturated carbocycles. The summed E-state index contributed by atoms with van der Waals surface area (Å²) in [6.07, 6.45) is 0. The predicted octanol–water partition coefficient (Wildman–Crippen LogP) is 4.31. The molecule has 4 rings (SSSR count). The number of carbonyl (C=O) groups excluding carboxylic acids is 2. The number of carbonyl (C=O) groups is 2. The van der Waals surface area contributed by atoms with E-state index < -0.39 is 0 Å². The number of nitrogens with zero attached hydrogens (tertiary/aromatic N) is 2. The van der Waals surface area contributed by atoms with Crippen LogP contribution in [-0.2, 0) is 0 Å². The Bertz CT molecular complexity index is 1070. The van der Waals surface area contributed by atoms with Crippen LogP contribution in [0, 0.1) is 6.92 Å². The number of thiophene rings is 1. The molecule has 6 nitrogen and oxygen atoms in total. The molecule has 2 amide bonds. The standard InChI is InChI=1S/C24H26N4O2S/c1-17-15-19(7-8-22(17)28-12-10-27(2)11-13-28)25-24(30)20-5-3-4-6-21(20)26-23(29)18-9-14-31-16-18/h3-9,14-16H,10-13H2,1-2H3,(H,25,30)(H,26,29). The van der Waals surface area contributed by atoms with Crippen molar-refractivity contribution in [3.8, 4) is 0 Å². The Balaban J connectivity index is 1.47. The van der Waals surface area contributed by atoms with E-state index in [4.69, 9.17) is 0 Å². The fourth-order valence-electron chi connectivity index (χ4n) is 3.71. The minimum Gasteiger partial charge on any atom is -0.369 e. The Morgan fingerprint density at radius 3 is 2.42 bits per heavy atom. The molecule has 2 heterocycles. The van der Waals surface area contributed by atoms with E-state index in [9.17, 15) is 9.59 Å². The lowest BCUT2D eigenvalue weighted by atomic mass is 10.1. The number of para-hydroxylation sites is 1. The molecule has 0 unspecified atom stereocenters. The molecule has 160 valence electrons. The molecule has 0 spiro atoms. The molecule has 0 atom stereocenters. The van der Waals surface area contributed by atoms with Gasteiger partial charge in [-0.1, -0.05) is 12.1 Å². The summed E-state index contributed by atoms with van der Waals surface area (Å²) in [4.78, 5) is 30.1. The summed E-state index contributed by atoms with van der Waals surface area (Å²) in [6.45, 7) is 6.16. The van der Waals surface area contributed by atoms with Gasteiger partial charge in [-0.25, -0.2) is 0 Å². The van der Waals surface area contributed by atoms with E-state index in [-0.39, 0.29) is 11.8 Å². The van der Waals surface area contributed by atoms with Crippen molar-refractivity contribution in [1.29, 1.82) is 0 Å². The highest BCUT2D eigenvalue weighted by Gasteiger charge is 2.18. The summed E-state index contributed by atoms with van der Waals surface area (Å²) in [5.74, 6) is -0.484. The molecule has 0 radical (unpaired) electrons. The van der Waals surface area contributed by atoms with Gasteiger partial charge < -0.3 is 20.4 Å². The van der Waals surface area contributed by atoms with E-state index in [0.29, 0.717) is 16.8 Å². The summed E-state index contributed by atoms with van der Waals surface area (Å²) < 4.78 is 0. The van der Waals surface area contributed by atoms with Crippen molar-refractivity contribution in [3.63, 3.8) is 0 Å². The van der Waals surface area contributed by atoms with Crippen molar-refractivity contribution in [1.82, 2.24) is 4.90 Å². The number of piperazine rings is 1. The Labute approximate surface area is 186 Å².